The standard InChI is InChI=1S/C7H13NO2S/c1-4(2)7(3)5(9)8-6(10)11-7/h4,6,10H,1-3H3,(H,8,9)/t6?,7-/m0/s1. The molecule has 64 valence electrons. The van der Waals surface area contributed by atoms with E-state index in [2.05, 4.69) is 5.32 Å². The zero-order valence-electron chi connectivity index (χ0n) is 6.92. The summed E-state index contributed by atoms with van der Waals surface area (Å²) < 4.78 is -0.459. The Hall–Kier alpha value is -0.220. The molecule has 1 aliphatic heterocycles. The first-order valence-electron chi connectivity index (χ1n) is 3.63. The number of carbonyl (C=O) groups excluding carboxylic acids is 1. The van der Waals surface area contributed by atoms with Crippen molar-refractivity contribution in [2.75, 3.05) is 0 Å². The van der Waals surface area contributed by atoms with Gasteiger partial charge in [-0.2, -0.15) is 0 Å². The highest BCUT2D eigenvalue weighted by Crippen LogP contribution is 2.39. The molecule has 0 bridgehead atoms. The molecule has 0 aliphatic carbocycles. The highest BCUT2D eigenvalue weighted by Gasteiger charge is 2.45. The fourth-order valence-electron chi connectivity index (χ4n) is 0.969. The maximum Gasteiger partial charge on any atom is 0.239 e. The van der Waals surface area contributed by atoms with Gasteiger partial charge in [-0.1, -0.05) is 25.6 Å². The normalized spacial score (nSPS) is 37.9. The van der Waals surface area contributed by atoms with E-state index < -0.39 is 10.3 Å². The molecule has 1 heterocycles. The maximum absolute atomic E-state index is 11.3. The molecule has 0 aromatic carbocycles. The van der Waals surface area contributed by atoms with Crippen LogP contribution in [-0.2, 0) is 4.79 Å². The van der Waals surface area contributed by atoms with Crippen LogP contribution >= 0.6 is 11.8 Å². The van der Waals surface area contributed by atoms with Crippen LogP contribution in [0.4, 0.5) is 0 Å². The van der Waals surface area contributed by atoms with Crippen LogP contribution < -0.4 is 5.32 Å². The second-order valence-electron chi connectivity index (χ2n) is 3.21. The van der Waals surface area contributed by atoms with Crippen LogP contribution in [0.1, 0.15) is 20.8 Å². The third-order valence-corrected chi connectivity index (χ3v) is 3.65. The monoisotopic (exact) mass is 175 g/mol. The van der Waals surface area contributed by atoms with Crippen molar-refractivity contribution in [1.29, 1.82) is 0 Å². The summed E-state index contributed by atoms with van der Waals surface area (Å²) in [6, 6.07) is 0. The van der Waals surface area contributed by atoms with Crippen molar-refractivity contribution < 1.29 is 9.90 Å². The molecule has 3 nitrogen and oxygen atoms in total. The second-order valence-corrected chi connectivity index (χ2v) is 4.74. The summed E-state index contributed by atoms with van der Waals surface area (Å²) in [7, 11) is 0. The molecule has 4 heteroatoms. The van der Waals surface area contributed by atoms with E-state index in [0.29, 0.717) is 0 Å². The van der Waals surface area contributed by atoms with Gasteiger partial charge in [0.25, 0.3) is 0 Å². The first kappa shape index (κ1) is 8.87. The Kier molecular flexibility index (Phi) is 2.16. The second kappa shape index (κ2) is 2.68. The summed E-state index contributed by atoms with van der Waals surface area (Å²) in [6.45, 7) is 5.81. The number of carbonyl (C=O) groups is 1. The number of rotatable bonds is 1. The third-order valence-electron chi connectivity index (χ3n) is 2.16. The fraction of sp³-hybridized carbons (Fsp3) is 0.857. The predicted molar refractivity (Wildman–Crippen MR) is 45.0 cm³/mol. The molecule has 1 aliphatic rings. The Morgan fingerprint density at radius 1 is 1.73 bits per heavy atom. The maximum atomic E-state index is 11.3. The fourth-order valence-corrected chi connectivity index (χ4v) is 2.04. The third kappa shape index (κ3) is 1.37. The molecule has 1 rings (SSSR count). The molecule has 0 radical (unpaired) electrons. The Labute approximate surface area is 70.6 Å². The van der Waals surface area contributed by atoms with Crippen molar-refractivity contribution in [3.63, 3.8) is 0 Å². The largest absolute Gasteiger partial charge is 0.365 e. The van der Waals surface area contributed by atoms with Crippen LogP contribution in [0.15, 0.2) is 0 Å². The zero-order chi connectivity index (χ0) is 8.65. The molecule has 11 heavy (non-hydrogen) atoms. The quantitative estimate of drug-likeness (QED) is 0.611. The van der Waals surface area contributed by atoms with Gasteiger partial charge in [-0.3, -0.25) is 4.79 Å². The molecular formula is C7H13NO2S. The molecule has 1 unspecified atom stereocenters. The van der Waals surface area contributed by atoms with Gasteiger partial charge in [-0.25, -0.2) is 0 Å². The molecule has 1 saturated heterocycles. The summed E-state index contributed by atoms with van der Waals surface area (Å²) in [6.07, 6.45) is 0. The molecule has 0 aromatic rings. The molecule has 2 atom stereocenters. The van der Waals surface area contributed by atoms with E-state index in [1.54, 1.807) is 0 Å². The number of hydrogen-bond acceptors (Lipinski definition) is 3. The van der Waals surface area contributed by atoms with E-state index in [0.717, 1.165) is 0 Å². The van der Waals surface area contributed by atoms with Crippen LogP contribution in [0.5, 0.6) is 0 Å². The lowest BCUT2D eigenvalue weighted by Crippen LogP contribution is -2.38. The smallest absolute Gasteiger partial charge is 0.239 e. The van der Waals surface area contributed by atoms with Crippen LogP contribution in [0.3, 0.4) is 0 Å². The van der Waals surface area contributed by atoms with Crippen molar-refractivity contribution in [3.05, 3.63) is 0 Å². The van der Waals surface area contributed by atoms with Crippen molar-refractivity contribution >= 4 is 17.7 Å². The molecule has 0 spiro atoms. The van der Waals surface area contributed by atoms with Gasteiger partial charge < -0.3 is 10.4 Å². The van der Waals surface area contributed by atoms with Crippen molar-refractivity contribution in [1.82, 2.24) is 5.32 Å². The molecule has 2 N–H and O–H groups in total. The minimum atomic E-state index is -0.727. The van der Waals surface area contributed by atoms with Gasteiger partial charge >= 0.3 is 0 Å². The topological polar surface area (TPSA) is 49.3 Å². The van der Waals surface area contributed by atoms with E-state index in [4.69, 9.17) is 5.11 Å². The van der Waals surface area contributed by atoms with Gasteiger partial charge in [0.2, 0.25) is 5.91 Å². The molecule has 1 amide bonds. The summed E-state index contributed by atoms with van der Waals surface area (Å²) in [4.78, 5) is 11.3. The molecule has 0 aromatic heterocycles. The molecule has 1 fully saturated rings. The van der Waals surface area contributed by atoms with Crippen LogP contribution in [0.25, 0.3) is 0 Å². The summed E-state index contributed by atoms with van der Waals surface area (Å²) in [5.74, 6) is 0.176. The Balaban J connectivity index is 2.79. The number of aliphatic hydroxyl groups excluding tert-OH is 1. The first-order valence-corrected chi connectivity index (χ1v) is 4.51. The van der Waals surface area contributed by atoms with Crippen molar-refractivity contribution in [3.8, 4) is 0 Å². The lowest BCUT2D eigenvalue weighted by molar-refractivity contribution is -0.124. The number of nitrogens with one attached hydrogen (secondary N) is 1. The summed E-state index contributed by atoms with van der Waals surface area (Å²) in [5.41, 5.74) is -0.727. The Bertz CT molecular complexity index is 183. The highest BCUT2D eigenvalue weighted by molar-refractivity contribution is 8.02. The van der Waals surface area contributed by atoms with E-state index in [1.165, 1.54) is 11.8 Å². The summed E-state index contributed by atoms with van der Waals surface area (Å²) >= 11 is 1.28. The average Bonchev–Trinajstić information content (AvgIpc) is 2.08. The van der Waals surface area contributed by atoms with Crippen molar-refractivity contribution in [2.45, 2.75) is 31.1 Å². The van der Waals surface area contributed by atoms with E-state index in [9.17, 15) is 4.79 Å². The SMILES string of the molecule is CC(C)[C@]1(C)SC(O)NC1=O. The molecular weight excluding hydrogens is 162 g/mol. The Morgan fingerprint density at radius 3 is 2.45 bits per heavy atom. The summed E-state index contributed by atoms with van der Waals surface area (Å²) in [5, 5.41) is 11.6. The van der Waals surface area contributed by atoms with Crippen LogP contribution in [-0.4, -0.2) is 21.3 Å². The average molecular weight is 175 g/mol. The van der Waals surface area contributed by atoms with E-state index in [1.807, 2.05) is 20.8 Å². The van der Waals surface area contributed by atoms with Gasteiger partial charge in [-0.15, -0.1) is 0 Å². The van der Waals surface area contributed by atoms with Gasteiger partial charge in [0.05, 0.1) is 4.75 Å². The van der Waals surface area contributed by atoms with Crippen LogP contribution in [0.2, 0.25) is 0 Å². The van der Waals surface area contributed by atoms with Gasteiger partial charge in [0.15, 0.2) is 5.56 Å². The van der Waals surface area contributed by atoms with E-state index in [-0.39, 0.29) is 11.8 Å². The van der Waals surface area contributed by atoms with E-state index >= 15 is 0 Å². The van der Waals surface area contributed by atoms with Crippen molar-refractivity contribution in [2.24, 2.45) is 5.92 Å². The lowest BCUT2D eigenvalue weighted by Gasteiger charge is -2.23. The zero-order valence-corrected chi connectivity index (χ0v) is 7.73. The van der Waals surface area contributed by atoms with Gasteiger partial charge in [-0.05, 0) is 12.8 Å². The Morgan fingerprint density at radius 2 is 2.27 bits per heavy atom. The minimum Gasteiger partial charge on any atom is -0.365 e. The first-order chi connectivity index (χ1) is 4.97. The highest BCUT2D eigenvalue weighted by atomic mass is 32.2. The number of hydrogen-bond donors (Lipinski definition) is 2. The number of amides is 1. The predicted octanol–water partition coefficient (Wildman–Crippen LogP) is 0.540. The van der Waals surface area contributed by atoms with Crippen LogP contribution in [0, 0.1) is 5.92 Å². The minimum absolute atomic E-state index is 0.0648. The van der Waals surface area contributed by atoms with Gasteiger partial charge in [0, 0.05) is 0 Å². The number of aliphatic hydroxyl groups is 1. The molecule has 0 saturated carbocycles. The lowest BCUT2D eigenvalue weighted by atomic mass is 9.96. The van der Waals surface area contributed by atoms with Gasteiger partial charge in [0.1, 0.15) is 0 Å². The number of thioether (sulfide) groups is 1.